The van der Waals surface area contributed by atoms with Crippen LogP contribution in [0.3, 0.4) is 0 Å². The number of hydrogen-bond donors (Lipinski definition) is 2. The van der Waals surface area contributed by atoms with Gasteiger partial charge >= 0.3 is 0 Å². The maximum Gasteiger partial charge on any atom is 0.120 e. The van der Waals surface area contributed by atoms with Crippen molar-refractivity contribution in [3.8, 4) is 5.75 Å². The van der Waals surface area contributed by atoms with Crippen LogP contribution < -0.4 is 10.5 Å². The minimum absolute atomic E-state index is 0.0472. The van der Waals surface area contributed by atoms with E-state index in [1.54, 1.807) is 0 Å². The van der Waals surface area contributed by atoms with Gasteiger partial charge in [0.05, 0.1) is 12.4 Å². The van der Waals surface area contributed by atoms with Crippen LogP contribution in [0.4, 0.5) is 0 Å². The normalized spacial score (nSPS) is 12.1. The van der Waals surface area contributed by atoms with Crippen molar-refractivity contribution in [3.05, 3.63) is 28.7 Å². The molecule has 4 heteroatoms. The molecule has 1 rings (SSSR count). The summed E-state index contributed by atoms with van der Waals surface area (Å²) in [6, 6.07) is 7.59. The molecule has 0 fully saturated rings. The maximum atomic E-state index is 7.20. The van der Waals surface area contributed by atoms with Crippen LogP contribution in [0.1, 0.15) is 6.92 Å². The second-order valence-electron chi connectivity index (χ2n) is 3.12. The zero-order valence-electron chi connectivity index (χ0n) is 7.96. The molecule has 0 aliphatic heterocycles. The van der Waals surface area contributed by atoms with Gasteiger partial charge in [0.25, 0.3) is 0 Å². The number of nitrogens with one attached hydrogen (secondary N) is 1. The molecule has 0 saturated heterocycles. The monoisotopic (exact) mass is 256 g/mol. The Balaban J connectivity index is 2.49. The van der Waals surface area contributed by atoms with E-state index in [2.05, 4.69) is 15.9 Å². The predicted molar refractivity (Wildman–Crippen MR) is 60.7 cm³/mol. The molecule has 0 bridgehead atoms. The average molecular weight is 257 g/mol. The van der Waals surface area contributed by atoms with E-state index in [9.17, 15) is 0 Å². The van der Waals surface area contributed by atoms with Gasteiger partial charge in [-0.05, 0) is 18.2 Å². The number of rotatable bonds is 4. The van der Waals surface area contributed by atoms with E-state index in [0.717, 1.165) is 10.2 Å². The maximum absolute atomic E-state index is 7.20. The van der Waals surface area contributed by atoms with Crippen LogP contribution in [0.5, 0.6) is 5.75 Å². The van der Waals surface area contributed by atoms with Gasteiger partial charge < -0.3 is 10.5 Å². The molecule has 0 spiro atoms. The number of benzene rings is 1. The lowest BCUT2D eigenvalue weighted by Gasteiger charge is -2.11. The lowest BCUT2D eigenvalue weighted by molar-refractivity contribution is 0.292. The number of amidine groups is 1. The van der Waals surface area contributed by atoms with Crippen LogP contribution in [0.2, 0.25) is 0 Å². The van der Waals surface area contributed by atoms with Crippen molar-refractivity contribution in [1.29, 1.82) is 5.41 Å². The molecule has 1 unspecified atom stereocenters. The largest absolute Gasteiger partial charge is 0.493 e. The van der Waals surface area contributed by atoms with E-state index in [1.807, 2.05) is 31.2 Å². The Morgan fingerprint density at radius 2 is 2.36 bits per heavy atom. The summed E-state index contributed by atoms with van der Waals surface area (Å²) in [6.07, 6.45) is 0. The van der Waals surface area contributed by atoms with E-state index in [1.165, 1.54) is 0 Å². The van der Waals surface area contributed by atoms with Crippen molar-refractivity contribution < 1.29 is 4.74 Å². The Morgan fingerprint density at radius 1 is 1.64 bits per heavy atom. The Bertz CT molecular complexity index is 328. The molecule has 14 heavy (non-hydrogen) atoms. The first-order valence-corrected chi connectivity index (χ1v) is 5.11. The quantitative estimate of drug-likeness (QED) is 0.642. The van der Waals surface area contributed by atoms with Crippen molar-refractivity contribution in [2.45, 2.75) is 6.92 Å². The van der Waals surface area contributed by atoms with Crippen molar-refractivity contribution in [2.75, 3.05) is 6.61 Å². The summed E-state index contributed by atoms with van der Waals surface area (Å²) in [7, 11) is 0. The third kappa shape index (κ3) is 3.38. The van der Waals surface area contributed by atoms with E-state index >= 15 is 0 Å². The van der Waals surface area contributed by atoms with Crippen LogP contribution in [-0.4, -0.2) is 12.4 Å². The molecule has 0 aliphatic carbocycles. The number of hydrogen-bond acceptors (Lipinski definition) is 2. The molecule has 1 atom stereocenters. The Hall–Kier alpha value is -1.03. The highest BCUT2D eigenvalue weighted by Crippen LogP contribution is 2.18. The second kappa shape index (κ2) is 5.00. The lowest BCUT2D eigenvalue weighted by atomic mass is 10.2. The van der Waals surface area contributed by atoms with Crippen LogP contribution in [0.15, 0.2) is 28.7 Å². The predicted octanol–water partition coefficient (Wildman–Crippen LogP) is 2.40. The van der Waals surface area contributed by atoms with Crippen molar-refractivity contribution in [2.24, 2.45) is 11.7 Å². The first kappa shape index (κ1) is 11.0. The van der Waals surface area contributed by atoms with Gasteiger partial charge in [-0.2, -0.15) is 0 Å². The SMILES string of the molecule is CC(COc1cccc(Br)c1)C(=N)N. The van der Waals surface area contributed by atoms with Crippen LogP contribution in [0, 0.1) is 11.3 Å². The molecule has 0 aliphatic rings. The first-order valence-electron chi connectivity index (χ1n) is 4.32. The van der Waals surface area contributed by atoms with Gasteiger partial charge in [-0.25, -0.2) is 0 Å². The molecule has 0 aromatic heterocycles. The molecule has 3 nitrogen and oxygen atoms in total. The summed E-state index contributed by atoms with van der Waals surface area (Å²) in [4.78, 5) is 0. The topological polar surface area (TPSA) is 59.1 Å². The summed E-state index contributed by atoms with van der Waals surface area (Å²) >= 11 is 3.35. The van der Waals surface area contributed by atoms with Gasteiger partial charge in [0.1, 0.15) is 5.75 Å². The van der Waals surface area contributed by atoms with Gasteiger partial charge in [-0.1, -0.05) is 28.9 Å². The third-order valence-electron chi connectivity index (χ3n) is 1.83. The molecule has 0 amide bonds. The van der Waals surface area contributed by atoms with Crippen molar-refractivity contribution in [3.63, 3.8) is 0 Å². The number of halogens is 1. The Morgan fingerprint density at radius 3 is 2.93 bits per heavy atom. The Kier molecular flexibility index (Phi) is 3.95. The molecule has 1 aromatic carbocycles. The van der Waals surface area contributed by atoms with Crippen LogP contribution in [0.25, 0.3) is 0 Å². The van der Waals surface area contributed by atoms with E-state index in [-0.39, 0.29) is 11.8 Å². The third-order valence-corrected chi connectivity index (χ3v) is 2.32. The molecule has 76 valence electrons. The first-order chi connectivity index (χ1) is 6.59. The summed E-state index contributed by atoms with van der Waals surface area (Å²) < 4.78 is 6.44. The summed E-state index contributed by atoms with van der Waals surface area (Å²) in [5.74, 6) is 0.890. The van der Waals surface area contributed by atoms with Gasteiger partial charge in [0, 0.05) is 10.4 Å². The highest BCUT2D eigenvalue weighted by atomic mass is 79.9. The fourth-order valence-electron chi connectivity index (χ4n) is 0.868. The molecular formula is C10H13BrN2O. The van der Waals surface area contributed by atoms with Gasteiger partial charge in [0.15, 0.2) is 0 Å². The Labute approximate surface area is 91.9 Å². The molecule has 1 aromatic rings. The second-order valence-corrected chi connectivity index (χ2v) is 4.04. The summed E-state index contributed by atoms with van der Waals surface area (Å²) in [5.41, 5.74) is 5.32. The average Bonchev–Trinajstić information content (AvgIpc) is 2.14. The van der Waals surface area contributed by atoms with Gasteiger partial charge in [-0.15, -0.1) is 0 Å². The lowest BCUT2D eigenvalue weighted by Crippen LogP contribution is -2.25. The molecule has 0 saturated carbocycles. The number of nitrogens with two attached hydrogens (primary N) is 1. The van der Waals surface area contributed by atoms with E-state index < -0.39 is 0 Å². The van der Waals surface area contributed by atoms with E-state index in [0.29, 0.717) is 6.61 Å². The molecule has 0 heterocycles. The van der Waals surface area contributed by atoms with Gasteiger partial charge in [0.2, 0.25) is 0 Å². The molecular weight excluding hydrogens is 244 g/mol. The smallest absolute Gasteiger partial charge is 0.120 e. The van der Waals surface area contributed by atoms with Crippen LogP contribution in [-0.2, 0) is 0 Å². The van der Waals surface area contributed by atoms with E-state index in [4.69, 9.17) is 15.9 Å². The standard InChI is InChI=1S/C10H13BrN2O/c1-7(10(12)13)6-14-9-4-2-3-8(11)5-9/h2-5,7H,6H2,1H3,(H3,12,13). The zero-order valence-corrected chi connectivity index (χ0v) is 9.54. The fraction of sp³-hybridized carbons (Fsp3) is 0.300. The number of ether oxygens (including phenoxy) is 1. The minimum atomic E-state index is -0.0472. The molecule has 0 radical (unpaired) electrons. The van der Waals surface area contributed by atoms with Crippen molar-refractivity contribution in [1.82, 2.24) is 0 Å². The highest BCUT2D eigenvalue weighted by molar-refractivity contribution is 9.10. The van der Waals surface area contributed by atoms with Crippen LogP contribution >= 0.6 is 15.9 Å². The van der Waals surface area contributed by atoms with Crippen molar-refractivity contribution >= 4 is 21.8 Å². The summed E-state index contributed by atoms with van der Waals surface area (Å²) in [6.45, 7) is 2.30. The zero-order chi connectivity index (χ0) is 10.6. The van der Waals surface area contributed by atoms with Gasteiger partial charge in [-0.3, -0.25) is 5.41 Å². The minimum Gasteiger partial charge on any atom is -0.493 e. The molecule has 3 N–H and O–H groups in total. The fourth-order valence-corrected chi connectivity index (χ4v) is 1.25. The highest BCUT2D eigenvalue weighted by Gasteiger charge is 2.05. The summed E-state index contributed by atoms with van der Waals surface area (Å²) in [5, 5.41) is 7.20.